The normalized spacial score (nSPS) is 11.0. The fourth-order valence-electron chi connectivity index (χ4n) is 2.57. The van der Waals surface area contributed by atoms with Gasteiger partial charge in [0.1, 0.15) is 0 Å². The molecule has 112 valence electrons. The summed E-state index contributed by atoms with van der Waals surface area (Å²) in [5.74, 6) is 0. The lowest BCUT2D eigenvalue weighted by molar-refractivity contribution is 0.634. The van der Waals surface area contributed by atoms with Gasteiger partial charge in [0.2, 0.25) is 0 Å². The maximum absolute atomic E-state index is 12.2. The first-order valence-electron chi connectivity index (χ1n) is 7.27. The van der Waals surface area contributed by atoms with E-state index in [9.17, 15) is 4.79 Å². The van der Waals surface area contributed by atoms with Crippen molar-refractivity contribution in [2.75, 3.05) is 5.32 Å². The van der Waals surface area contributed by atoms with Crippen LogP contribution in [0.15, 0.2) is 29.2 Å². The summed E-state index contributed by atoms with van der Waals surface area (Å²) in [5, 5.41) is 7.46. The zero-order chi connectivity index (χ0) is 15.6. The Morgan fingerprint density at radius 3 is 2.29 bits per heavy atom. The van der Waals surface area contributed by atoms with Gasteiger partial charge in [-0.25, -0.2) is 4.68 Å². The highest BCUT2D eigenvalue weighted by atomic mass is 16.1. The number of anilines is 1. The molecule has 4 nitrogen and oxygen atoms in total. The van der Waals surface area contributed by atoms with Crippen molar-refractivity contribution < 1.29 is 0 Å². The number of nitrogens with zero attached hydrogens (tertiary/aromatic N) is 2. The molecule has 21 heavy (non-hydrogen) atoms. The van der Waals surface area contributed by atoms with Crippen molar-refractivity contribution in [1.82, 2.24) is 9.78 Å². The maximum atomic E-state index is 12.2. The lowest BCUT2D eigenvalue weighted by Gasteiger charge is -2.13. The summed E-state index contributed by atoms with van der Waals surface area (Å²) in [7, 11) is 0. The minimum Gasteiger partial charge on any atom is -0.381 e. The second-order valence-corrected chi connectivity index (χ2v) is 5.92. The first kappa shape index (κ1) is 15.3. The number of hydrogen-bond donors (Lipinski definition) is 1. The van der Waals surface area contributed by atoms with Crippen molar-refractivity contribution in [2.24, 2.45) is 0 Å². The second-order valence-electron chi connectivity index (χ2n) is 5.92. The monoisotopic (exact) mass is 285 g/mol. The Labute approximate surface area is 125 Å². The van der Waals surface area contributed by atoms with Gasteiger partial charge in [-0.05, 0) is 51.3 Å². The molecule has 1 N–H and O–H groups in total. The summed E-state index contributed by atoms with van der Waals surface area (Å²) in [6.45, 7) is 10.8. The van der Waals surface area contributed by atoms with E-state index in [1.54, 1.807) is 12.3 Å². The highest BCUT2D eigenvalue weighted by Gasteiger charge is 2.07. The Bertz CT molecular complexity index is 678. The van der Waals surface area contributed by atoms with Crippen LogP contribution in [0.1, 0.15) is 36.1 Å². The van der Waals surface area contributed by atoms with Gasteiger partial charge in [0.25, 0.3) is 5.56 Å². The van der Waals surface area contributed by atoms with E-state index in [0.29, 0.717) is 6.54 Å². The molecule has 0 saturated heterocycles. The summed E-state index contributed by atoms with van der Waals surface area (Å²) in [6.07, 6.45) is 1.71. The van der Waals surface area contributed by atoms with E-state index in [1.165, 1.54) is 26.9 Å². The number of nitrogens with one attached hydrogen (secondary N) is 1. The Kier molecular flexibility index (Phi) is 4.46. The van der Waals surface area contributed by atoms with Crippen molar-refractivity contribution in [1.29, 1.82) is 0 Å². The number of benzene rings is 1. The van der Waals surface area contributed by atoms with Crippen molar-refractivity contribution in [3.8, 4) is 0 Å². The number of rotatable bonds is 4. The van der Waals surface area contributed by atoms with Crippen molar-refractivity contribution >= 4 is 5.69 Å². The molecule has 0 amide bonds. The van der Waals surface area contributed by atoms with Gasteiger partial charge in [0, 0.05) is 12.1 Å². The van der Waals surface area contributed by atoms with Gasteiger partial charge < -0.3 is 5.32 Å². The van der Waals surface area contributed by atoms with Crippen molar-refractivity contribution in [2.45, 2.75) is 47.2 Å². The first-order chi connectivity index (χ1) is 9.86. The molecular formula is C17H23N3O. The van der Waals surface area contributed by atoms with E-state index >= 15 is 0 Å². The van der Waals surface area contributed by atoms with Gasteiger partial charge in [-0.2, -0.15) is 5.10 Å². The lowest BCUT2D eigenvalue weighted by Crippen LogP contribution is -2.24. The smallest absolute Gasteiger partial charge is 0.269 e. The van der Waals surface area contributed by atoms with Crippen LogP contribution in [0.5, 0.6) is 0 Å². The van der Waals surface area contributed by atoms with E-state index in [1.807, 2.05) is 13.8 Å². The van der Waals surface area contributed by atoms with Gasteiger partial charge in [-0.3, -0.25) is 4.79 Å². The van der Waals surface area contributed by atoms with Crippen LogP contribution in [-0.4, -0.2) is 15.8 Å². The topological polar surface area (TPSA) is 46.9 Å². The van der Waals surface area contributed by atoms with Gasteiger partial charge in [0.15, 0.2) is 0 Å². The molecule has 1 heterocycles. The molecule has 2 aromatic rings. The SMILES string of the molecule is Cc1cc(C)c(Cn2ncc(NC(C)C)cc2=O)c(C)c1. The zero-order valence-corrected chi connectivity index (χ0v) is 13.4. The predicted octanol–water partition coefficient (Wildman–Crippen LogP) is 3.04. The largest absolute Gasteiger partial charge is 0.381 e. The van der Waals surface area contributed by atoms with Crippen LogP contribution in [-0.2, 0) is 6.54 Å². The highest BCUT2D eigenvalue weighted by molar-refractivity contribution is 5.40. The summed E-state index contributed by atoms with van der Waals surface area (Å²) < 4.78 is 1.51. The molecule has 2 rings (SSSR count). The average Bonchev–Trinajstić information content (AvgIpc) is 2.35. The Balaban J connectivity index is 2.31. The molecule has 0 radical (unpaired) electrons. The quantitative estimate of drug-likeness (QED) is 0.939. The number of aryl methyl sites for hydroxylation is 3. The Morgan fingerprint density at radius 2 is 1.76 bits per heavy atom. The summed E-state index contributed by atoms with van der Waals surface area (Å²) in [4.78, 5) is 12.2. The maximum Gasteiger partial charge on any atom is 0.269 e. The Hall–Kier alpha value is -2.10. The van der Waals surface area contributed by atoms with Crippen molar-refractivity contribution in [3.05, 3.63) is 57.0 Å². The molecule has 0 bridgehead atoms. The van der Waals surface area contributed by atoms with Crippen LogP contribution in [0.4, 0.5) is 5.69 Å². The first-order valence-corrected chi connectivity index (χ1v) is 7.27. The molecule has 4 heteroatoms. The van der Waals surface area contributed by atoms with Crippen LogP contribution in [0, 0.1) is 20.8 Å². The lowest BCUT2D eigenvalue weighted by atomic mass is 10.00. The fraction of sp³-hybridized carbons (Fsp3) is 0.412. The molecule has 0 fully saturated rings. The van der Waals surface area contributed by atoms with Gasteiger partial charge >= 0.3 is 0 Å². The third kappa shape index (κ3) is 3.72. The zero-order valence-electron chi connectivity index (χ0n) is 13.4. The summed E-state index contributed by atoms with van der Waals surface area (Å²) in [5.41, 5.74) is 5.49. The standard InChI is InChI=1S/C17H23N3O/c1-11(2)19-15-8-17(21)20(18-9-15)10-16-13(4)6-12(3)7-14(16)5/h6-9,11,19H,10H2,1-5H3. The van der Waals surface area contributed by atoms with Gasteiger partial charge in [-0.1, -0.05) is 17.7 Å². The average molecular weight is 285 g/mol. The van der Waals surface area contributed by atoms with E-state index in [-0.39, 0.29) is 11.6 Å². The van der Waals surface area contributed by atoms with E-state index in [0.717, 1.165) is 5.69 Å². The minimum absolute atomic E-state index is 0.0833. The third-order valence-corrected chi connectivity index (χ3v) is 3.47. The molecule has 0 spiro atoms. The van der Waals surface area contributed by atoms with Crippen LogP contribution < -0.4 is 10.9 Å². The Morgan fingerprint density at radius 1 is 1.14 bits per heavy atom. The number of hydrogen-bond acceptors (Lipinski definition) is 3. The third-order valence-electron chi connectivity index (χ3n) is 3.47. The number of aromatic nitrogens is 2. The molecule has 0 aliphatic heterocycles. The summed E-state index contributed by atoms with van der Waals surface area (Å²) >= 11 is 0. The van der Waals surface area contributed by atoms with E-state index < -0.39 is 0 Å². The molecule has 0 saturated carbocycles. The molecule has 0 unspecified atom stereocenters. The van der Waals surface area contributed by atoms with Crippen LogP contribution in [0.25, 0.3) is 0 Å². The predicted molar refractivity (Wildman–Crippen MR) is 87.0 cm³/mol. The van der Waals surface area contributed by atoms with Crippen LogP contribution in [0.3, 0.4) is 0 Å². The molecule has 1 aromatic carbocycles. The van der Waals surface area contributed by atoms with E-state index in [2.05, 4.69) is 43.3 Å². The van der Waals surface area contributed by atoms with E-state index in [4.69, 9.17) is 0 Å². The fourth-order valence-corrected chi connectivity index (χ4v) is 2.57. The minimum atomic E-state index is -0.0833. The van der Waals surface area contributed by atoms with Crippen LogP contribution in [0.2, 0.25) is 0 Å². The molecule has 1 aromatic heterocycles. The molecule has 0 atom stereocenters. The molecule has 0 aliphatic carbocycles. The summed E-state index contributed by atoms with van der Waals surface area (Å²) in [6, 6.07) is 6.17. The molecular weight excluding hydrogens is 262 g/mol. The van der Waals surface area contributed by atoms with Crippen molar-refractivity contribution in [3.63, 3.8) is 0 Å². The van der Waals surface area contributed by atoms with Crippen LogP contribution >= 0.6 is 0 Å². The van der Waals surface area contributed by atoms with Gasteiger partial charge in [0.05, 0.1) is 18.4 Å². The highest BCUT2D eigenvalue weighted by Crippen LogP contribution is 2.17. The second kappa shape index (κ2) is 6.12. The van der Waals surface area contributed by atoms with Gasteiger partial charge in [-0.15, -0.1) is 0 Å². The molecule has 0 aliphatic rings.